The van der Waals surface area contributed by atoms with Crippen LogP contribution in [0.15, 0.2) is 24.3 Å². The van der Waals surface area contributed by atoms with Crippen molar-refractivity contribution >= 4 is 51.9 Å². The van der Waals surface area contributed by atoms with Crippen LogP contribution in [0, 0.1) is 0 Å². The van der Waals surface area contributed by atoms with E-state index in [-0.39, 0.29) is 11.0 Å². The van der Waals surface area contributed by atoms with E-state index in [9.17, 15) is 4.79 Å². The first kappa shape index (κ1) is 22.4. The number of hydrogen-bond acceptors (Lipinski definition) is 6. The van der Waals surface area contributed by atoms with Gasteiger partial charge in [-0.15, -0.1) is 0 Å². The van der Waals surface area contributed by atoms with Crippen molar-refractivity contribution in [2.24, 2.45) is 0 Å². The normalized spacial score (nSPS) is 10.0. The summed E-state index contributed by atoms with van der Waals surface area (Å²) in [5.41, 5.74) is 1.57. The molecule has 1 amide bonds. The molecule has 0 bridgehead atoms. The Balaban J connectivity index is 2.29. The molecule has 0 unspecified atom stereocenters. The van der Waals surface area contributed by atoms with Gasteiger partial charge in [-0.05, 0) is 18.3 Å². The molecule has 0 fully saturated rings. The standard InChI is InChI=1S/C19H22ClN3O5S/c1-10(24)21-13-7-17(27-4)14(8-16(13)26-3)23-19(29)22-12-6-11(20)15(25-2)9-18(12)28-5/h6-9H,1-5H3,(H,21,24)(H2,22,23,29). The van der Waals surface area contributed by atoms with Gasteiger partial charge in [0, 0.05) is 25.1 Å². The Morgan fingerprint density at radius 1 is 0.759 bits per heavy atom. The van der Waals surface area contributed by atoms with E-state index in [4.69, 9.17) is 42.8 Å². The number of rotatable bonds is 7. The first-order valence-corrected chi connectivity index (χ1v) is 9.14. The lowest BCUT2D eigenvalue weighted by Gasteiger charge is -2.18. The van der Waals surface area contributed by atoms with Gasteiger partial charge in [0.1, 0.15) is 23.0 Å². The topological polar surface area (TPSA) is 90.1 Å². The monoisotopic (exact) mass is 439 g/mol. The summed E-state index contributed by atoms with van der Waals surface area (Å²) in [6.07, 6.45) is 0. The Kier molecular flexibility index (Phi) is 7.74. The van der Waals surface area contributed by atoms with E-state index in [2.05, 4.69) is 16.0 Å². The zero-order valence-electron chi connectivity index (χ0n) is 16.6. The maximum atomic E-state index is 11.4. The van der Waals surface area contributed by atoms with Crippen LogP contribution < -0.4 is 34.9 Å². The summed E-state index contributed by atoms with van der Waals surface area (Å²) in [5, 5.41) is 9.41. The quantitative estimate of drug-likeness (QED) is 0.554. The van der Waals surface area contributed by atoms with Crippen molar-refractivity contribution in [1.29, 1.82) is 0 Å². The highest BCUT2D eigenvalue weighted by atomic mass is 35.5. The third kappa shape index (κ3) is 5.55. The average molecular weight is 440 g/mol. The van der Waals surface area contributed by atoms with Crippen molar-refractivity contribution in [3.8, 4) is 23.0 Å². The minimum Gasteiger partial charge on any atom is -0.495 e. The number of carbonyl (C=O) groups is 1. The van der Waals surface area contributed by atoms with Crippen LogP contribution in [-0.4, -0.2) is 39.5 Å². The molecule has 0 spiro atoms. The fourth-order valence-corrected chi connectivity index (χ4v) is 2.98. The fraction of sp³-hybridized carbons (Fsp3) is 0.263. The van der Waals surface area contributed by atoms with E-state index < -0.39 is 0 Å². The van der Waals surface area contributed by atoms with Crippen molar-refractivity contribution in [2.45, 2.75) is 6.92 Å². The molecule has 0 aliphatic heterocycles. The van der Waals surface area contributed by atoms with E-state index in [0.29, 0.717) is 45.1 Å². The zero-order valence-corrected chi connectivity index (χ0v) is 18.2. The molecule has 10 heteroatoms. The van der Waals surface area contributed by atoms with Crippen LogP contribution in [0.2, 0.25) is 5.02 Å². The lowest BCUT2D eigenvalue weighted by Crippen LogP contribution is -2.20. The second-order valence-electron chi connectivity index (χ2n) is 5.70. The lowest BCUT2D eigenvalue weighted by molar-refractivity contribution is -0.114. The molecule has 0 heterocycles. The van der Waals surface area contributed by atoms with Gasteiger partial charge in [0.05, 0.1) is 50.5 Å². The predicted octanol–water partition coefficient (Wildman–Crippen LogP) is 4.14. The third-order valence-electron chi connectivity index (χ3n) is 3.80. The summed E-state index contributed by atoms with van der Waals surface area (Å²) < 4.78 is 21.3. The number of thiocarbonyl (C=S) groups is 1. The minimum atomic E-state index is -0.230. The van der Waals surface area contributed by atoms with Gasteiger partial charge >= 0.3 is 0 Å². The zero-order chi connectivity index (χ0) is 21.6. The summed E-state index contributed by atoms with van der Waals surface area (Å²) in [6.45, 7) is 1.41. The average Bonchev–Trinajstić information content (AvgIpc) is 2.68. The van der Waals surface area contributed by atoms with Crippen LogP contribution in [0.4, 0.5) is 17.1 Å². The summed E-state index contributed by atoms with van der Waals surface area (Å²) in [7, 11) is 6.05. The second kappa shape index (κ2) is 10.0. The molecule has 2 rings (SSSR count). The smallest absolute Gasteiger partial charge is 0.221 e. The predicted molar refractivity (Wildman–Crippen MR) is 118 cm³/mol. The van der Waals surface area contributed by atoms with E-state index in [1.807, 2.05) is 0 Å². The Hall–Kier alpha value is -2.91. The minimum absolute atomic E-state index is 0.230. The molecule has 0 aliphatic carbocycles. The van der Waals surface area contributed by atoms with E-state index in [1.54, 1.807) is 24.3 Å². The molecular formula is C19H22ClN3O5S. The van der Waals surface area contributed by atoms with Crippen molar-refractivity contribution in [3.05, 3.63) is 29.3 Å². The van der Waals surface area contributed by atoms with Gasteiger partial charge < -0.3 is 34.9 Å². The molecule has 0 saturated carbocycles. The Bertz CT molecular complexity index is 923. The Morgan fingerprint density at radius 3 is 1.62 bits per heavy atom. The highest BCUT2D eigenvalue weighted by Gasteiger charge is 2.15. The molecule has 3 N–H and O–H groups in total. The van der Waals surface area contributed by atoms with Crippen molar-refractivity contribution in [1.82, 2.24) is 0 Å². The van der Waals surface area contributed by atoms with Crippen LogP contribution in [-0.2, 0) is 4.79 Å². The van der Waals surface area contributed by atoms with Crippen LogP contribution in [0.1, 0.15) is 6.92 Å². The summed E-state index contributed by atoms with van der Waals surface area (Å²) in [6, 6.07) is 6.59. The number of methoxy groups -OCH3 is 4. The van der Waals surface area contributed by atoms with Gasteiger partial charge in [-0.3, -0.25) is 4.79 Å². The molecule has 2 aromatic rings. The Labute approximate surface area is 179 Å². The summed E-state index contributed by atoms with van der Waals surface area (Å²) >= 11 is 11.6. The van der Waals surface area contributed by atoms with Crippen LogP contribution in [0.25, 0.3) is 0 Å². The van der Waals surface area contributed by atoms with Gasteiger partial charge in [-0.25, -0.2) is 0 Å². The first-order chi connectivity index (χ1) is 13.8. The molecular weight excluding hydrogens is 418 g/mol. The first-order valence-electron chi connectivity index (χ1n) is 8.36. The lowest BCUT2D eigenvalue weighted by atomic mass is 10.2. The number of anilines is 3. The molecule has 0 atom stereocenters. The van der Waals surface area contributed by atoms with Gasteiger partial charge in [0.2, 0.25) is 5.91 Å². The molecule has 0 radical (unpaired) electrons. The molecule has 156 valence electrons. The molecule has 29 heavy (non-hydrogen) atoms. The number of benzene rings is 2. The molecule has 2 aromatic carbocycles. The maximum absolute atomic E-state index is 11.4. The van der Waals surface area contributed by atoms with Crippen molar-refractivity contribution < 1.29 is 23.7 Å². The van der Waals surface area contributed by atoms with E-state index >= 15 is 0 Å². The van der Waals surface area contributed by atoms with Gasteiger partial charge in [0.15, 0.2) is 5.11 Å². The van der Waals surface area contributed by atoms with Gasteiger partial charge in [-0.1, -0.05) is 11.6 Å². The highest BCUT2D eigenvalue weighted by molar-refractivity contribution is 7.80. The van der Waals surface area contributed by atoms with Crippen LogP contribution in [0.5, 0.6) is 23.0 Å². The van der Waals surface area contributed by atoms with E-state index in [0.717, 1.165) is 0 Å². The van der Waals surface area contributed by atoms with Gasteiger partial charge in [-0.2, -0.15) is 0 Å². The summed E-state index contributed by atoms with van der Waals surface area (Å²) in [5.74, 6) is 1.65. The highest BCUT2D eigenvalue weighted by Crippen LogP contribution is 2.38. The molecule has 0 aliphatic rings. The second-order valence-corrected chi connectivity index (χ2v) is 6.52. The van der Waals surface area contributed by atoms with Crippen LogP contribution >= 0.6 is 23.8 Å². The fourth-order valence-electron chi connectivity index (χ4n) is 2.52. The number of hydrogen-bond donors (Lipinski definition) is 3. The Morgan fingerprint density at radius 2 is 1.17 bits per heavy atom. The third-order valence-corrected chi connectivity index (χ3v) is 4.30. The molecule has 0 saturated heterocycles. The SMILES string of the molecule is COc1cc(OC)c(NC(=S)Nc2cc(OC)c(NC(C)=O)cc2OC)cc1Cl. The van der Waals surface area contributed by atoms with E-state index in [1.165, 1.54) is 35.4 Å². The molecule has 0 aromatic heterocycles. The van der Waals surface area contributed by atoms with Crippen molar-refractivity contribution in [2.75, 3.05) is 44.4 Å². The number of ether oxygens (including phenoxy) is 4. The van der Waals surface area contributed by atoms with Crippen LogP contribution in [0.3, 0.4) is 0 Å². The molecule has 8 nitrogen and oxygen atoms in total. The number of carbonyl (C=O) groups excluding carboxylic acids is 1. The number of nitrogens with one attached hydrogen (secondary N) is 3. The largest absolute Gasteiger partial charge is 0.495 e. The number of amides is 1. The number of halogens is 1. The van der Waals surface area contributed by atoms with Gasteiger partial charge in [0.25, 0.3) is 0 Å². The maximum Gasteiger partial charge on any atom is 0.221 e. The summed E-state index contributed by atoms with van der Waals surface area (Å²) in [4.78, 5) is 11.4. The van der Waals surface area contributed by atoms with Crippen molar-refractivity contribution in [3.63, 3.8) is 0 Å².